The molecule has 0 spiro atoms. The molecular formula is C16H13BrN2OS. The summed E-state index contributed by atoms with van der Waals surface area (Å²) in [6.45, 7) is 1.97. The van der Waals surface area contributed by atoms with Gasteiger partial charge in [0.05, 0.1) is 5.69 Å². The van der Waals surface area contributed by atoms with Gasteiger partial charge in [0.15, 0.2) is 0 Å². The van der Waals surface area contributed by atoms with Gasteiger partial charge in [-0.3, -0.25) is 4.79 Å². The molecule has 2 heterocycles. The number of aromatic nitrogens is 1. The molecular weight excluding hydrogens is 348 g/mol. The number of carbonyl (C=O) groups excluding carboxylic acids is 1. The van der Waals surface area contributed by atoms with Crippen LogP contribution in [-0.2, 0) is 0 Å². The predicted molar refractivity (Wildman–Crippen MR) is 90.5 cm³/mol. The van der Waals surface area contributed by atoms with Crippen LogP contribution in [0.15, 0.2) is 58.6 Å². The van der Waals surface area contributed by atoms with Gasteiger partial charge in [-0.05, 0) is 48.2 Å². The van der Waals surface area contributed by atoms with Crippen molar-refractivity contribution in [3.05, 3.63) is 69.1 Å². The minimum atomic E-state index is -0.0881. The summed E-state index contributed by atoms with van der Waals surface area (Å²) in [5.41, 5.74) is 2.74. The molecule has 0 aliphatic heterocycles. The van der Waals surface area contributed by atoms with Gasteiger partial charge >= 0.3 is 0 Å². The van der Waals surface area contributed by atoms with Crippen molar-refractivity contribution < 1.29 is 4.79 Å². The Morgan fingerprint density at radius 3 is 2.71 bits per heavy atom. The summed E-state index contributed by atoms with van der Waals surface area (Å²) in [6.07, 6.45) is 3.87. The summed E-state index contributed by atoms with van der Waals surface area (Å²) in [5, 5.41) is 4.91. The van der Waals surface area contributed by atoms with Gasteiger partial charge in [-0.15, -0.1) is 11.3 Å². The van der Waals surface area contributed by atoms with Crippen molar-refractivity contribution in [3.63, 3.8) is 0 Å². The molecule has 0 fully saturated rings. The SMILES string of the molecule is Cc1c(Br)cccc1NC(=O)c1sccc1-n1cccc1. The van der Waals surface area contributed by atoms with Gasteiger partial charge in [-0.1, -0.05) is 22.0 Å². The van der Waals surface area contributed by atoms with Gasteiger partial charge < -0.3 is 9.88 Å². The first-order valence-electron chi connectivity index (χ1n) is 6.44. The highest BCUT2D eigenvalue weighted by atomic mass is 79.9. The molecule has 0 bridgehead atoms. The van der Waals surface area contributed by atoms with Crippen LogP contribution in [0.25, 0.3) is 5.69 Å². The summed E-state index contributed by atoms with van der Waals surface area (Å²) in [6, 6.07) is 11.6. The number of amides is 1. The monoisotopic (exact) mass is 360 g/mol. The highest BCUT2D eigenvalue weighted by Gasteiger charge is 2.15. The maximum Gasteiger partial charge on any atom is 0.267 e. The molecule has 3 rings (SSSR count). The minimum absolute atomic E-state index is 0.0881. The summed E-state index contributed by atoms with van der Waals surface area (Å²) in [4.78, 5) is 13.2. The third-order valence-corrected chi connectivity index (χ3v) is 5.01. The highest BCUT2D eigenvalue weighted by Crippen LogP contribution is 2.26. The van der Waals surface area contributed by atoms with Gasteiger partial charge in [0.25, 0.3) is 5.91 Å². The van der Waals surface area contributed by atoms with E-state index in [-0.39, 0.29) is 5.91 Å². The fourth-order valence-corrected chi connectivity index (χ4v) is 3.24. The zero-order chi connectivity index (χ0) is 14.8. The second-order valence-electron chi connectivity index (χ2n) is 4.59. The number of carbonyl (C=O) groups is 1. The van der Waals surface area contributed by atoms with Crippen molar-refractivity contribution in [3.8, 4) is 5.69 Å². The molecule has 0 radical (unpaired) electrons. The maximum atomic E-state index is 12.5. The van der Waals surface area contributed by atoms with Gasteiger partial charge in [0.1, 0.15) is 4.88 Å². The Morgan fingerprint density at radius 2 is 1.95 bits per heavy atom. The van der Waals surface area contributed by atoms with Crippen molar-refractivity contribution in [2.24, 2.45) is 0 Å². The molecule has 106 valence electrons. The lowest BCUT2D eigenvalue weighted by Gasteiger charge is -2.10. The largest absolute Gasteiger partial charge is 0.322 e. The van der Waals surface area contributed by atoms with E-state index in [1.54, 1.807) is 0 Å². The smallest absolute Gasteiger partial charge is 0.267 e. The Bertz CT molecular complexity index is 777. The van der Waals surface area contributed by atoms with E-state index in [4.69, 9.17) is 0 Å². The lowest BCUT2D eigenvalue weighted by Crippen LogP contribution is -2.13. The molecule has 0 aliphatic carbocycles. The number of thiophene rings is 1. The Morgan fingerprint density at radius 1 is 1.19 bits per heavy atom. The molecule has 0 saturated carbocycles. The van der Waals surface area contributed by atoms with E-state index >= 15 is 0 Å². The molecule has 0 aliphatic rings. The highest BCUT2D eigenvalue weighted by molar-refractivity contribution is 9.10. The first kappa shape index (κ1) is 14.1. The topological polar surface area (TPSA) is 34.0 Å². The zero-order valence-electron chi connectivity index (χ0n) is 11.3. The van der Waals surface area contributed by atoms with Crippen LogP contribution in [0.2, 0.25) is 0 Å². The van der Waals surface area contributed by atoms with Gasteiger partial charge in [-0.2, -0.15) is 0 Å². The Labute approximate surface area is 135 Å². The minimum Gasteiger partial charge on any atom is -0.322 e. The quantitative estimate of drug-likeness (QED) is 0.710. The Hall–Kier alpha value is -1.85. The molecule has 2 aromatic heterocycles. The van der Waals surface area contributed by atoms with E-state index in [2.05, 4.69) is 21.2 Å². The van der Waals surface area contributed by atoms with Gasteiger partial charge in [0.2, 0.25) is 0 Å². The van der Waals surface area contributed by atoms with Crippen molar-refractivity contribution in [2.75, 3.05) is 5.32 Å². The van der Waals surface area contributed by atoms with Crippen LogP contribution < -0.4 is 5.32 Å². The fraction of sp³-hybridized carbons (Fsp3) is 0.0625. The molecule has 0 saturated heterocycles. The number of rotatable bonds is 3. The van der Waals surface area contributed by atoms with Crippen molar-refractivity contribution in [1.29, 1.82) is 0 Å². The predicted octanol–water partition coefficient (Wildman–Crippen LogP) is 4.86. The first-order valence-corrected chi connectivity index (χ1v) is 8.11. The Balaban J connectivity index is 1.90. The number of anilines is 1. The second kappa shape index (κ2) is 5.87. The number of benzene rings is 1. The molecule has 1 aromatic carbocycles. The summed E-state index contributed by atoms with van der Waals surface area (Å²) in [5.74, 6) is -0.0881. The number of hydrogen-bond acceptors (Lipinski definition) is 2. The molecule has 1 N–H and O–H groups in total. The van der Waals surface area contributed by atoms with Crippen LogP contribution in [0.4, 0.5) is 5.69 Å². The van der Waals surface area contributed by atoms with E-state index in [1.807, 2.05) is 65.7 Å². The van der Waals surface area contributed by atoms with Crippen molar-refractivity contribution in [1.82, 2.24) is 4.57 Å². The lowest BCUT2D eigenvalue weighted by molar-refractivity contribution is 0.103. The van der Waals surface area contributed by atoms with Crippen LogP contribution in [0.5, 0.6) is 0 Å². The summed E-state index contributed by atoms with van der Waals surface area (Å²) < 4.78 is 2.93. The van der Waals surface area contributed by atoms with E-state index < -0.39 is 0 Å². The van der Waals surface area contributed by atoms with E-state index in [1.165, 1.54) is 11.3 Å². The molecule has 3 aromatic rings. The van der Waals surface area contributed by atoms with E-state index in [0.29, 0.717) is 4.88 Å². The van der Waals surface area contributed by atoms with Gasteiger partial charge in [-0.25, -0.2) is 0 Å². The number of nitrogens with one attached hydrogen (secondary N) is 1. The zero-order valence-corrected chi connectivity index (χ0v) is 13.7. The van der Waals surface area contributed by atoms with Crippen LogP contribution in [0.1, 0.15) is 15.2 Å². The average molecular weight is 361 g/mol. The lowest BCUT2D eigenvalue weighted by atomic mass is 10.2. The normalized spacial score (nSPS) is 10.6. The van der Waals surface area contributed by atoms with E-state index in [0.717, 1.165) is 21.4 Å². The van der Waals surface area contributed by atoms with Crippen LogP contribution in [-0.4, -0.2) is 10.5 Å². The van der Waals surface area contributed by atoms with Crippen molar-refractivity contribution >= 4 is 38.9 Å². The van der Waals surface area contributed by atoms with Crippen molar-refractivity contribution in [2.45, 2.75) is 6.92 Å². The average Bonchev–Trinajstić information content (AvgIpc) is 3.13. The molecule has 0 unspecified atom stereocenters. The summed E-state index contributed by atoms with van der Waals surface area (Å²) in [7, 11) is 0. The first-order chi connectivity index (χ1) is 10.2. The number of hydrogen-bond donors (Lipinski definition) is 1. The van der Waals surface area contributed by atoms with Gasteiger partial charge in [0, 0.05) is 22.6 Å². The summed E-state index contributed by atoms with van der Waals surface area (Å²) >= 11 is 4.92. The molecule has 21 heavy (non-hydrogen) atoms. The molecule has 0 atom stereocenters. The van der Waals surface area contributed by atoms with Crippen LogP contribution in [0, 0.1) is 6.92 Å². The fourth-order valence-electron chi connectivity index (χ4n) is 2.09. The molecule has 5 heteroatoms. The maximum absolute atomic E-state index is 12.5. The number of nitrogens with zero attached hydrogens (tertiary/aromatic N) is 1. The number of halogens is 1. The van der Waals surface area contributed by atoms with Crippen LogP contribution >= 0.6 is 27.3 Å². The van der Waals surface area contributed by atoms with Crippen LogP contribution in [0.3, 0.4) is 0 Å². The Kier molecular flexibility index (Phi) is 3.94. The molecule has 1 amide bonds. The third kappa shape index (κ3) is 2.80. The second-order valence-corrected chi connectivity index (χ2v) is 6.36. The van der Waals surface area contributed by atoms with E-state index in [9.17, 15) is 4.79 Å². The molecule has 3 nitrogen and oxygen atoms in total. The third-order valence-electron chi connectivity index (χ3n) is 3.25. The standard InChI is InChI=1S/C16H13BrN2OS/c1-11-12(17)5-4-6-13(11)18-16(20)15-14(7-10-21-15)19-8-2-3-9-19/h2-10H,1H3,(H,18,20).